The highest BCUT2D eigenvalue weighted by molar-refractivity contribution is 5.69. The van der Waals surface area contributed by atoms with Gasteiger partial charge >= 0.3 is 5.97 Å². The van der Waals surface area contributed by atoms with Gasteiger partial charge in [-0.05, 0) is 24.7 Å². The number of aliphatic carboxylic acids is 1. The van der Waals surface area contributed by atoms with Crippen LogP contribution in [0.25, 0.3) is 0 Å². The Morgan fingerprint density at radius 2 is 1.45 bits per heavy atom. The van der Waals surface area contributed by atoms with Gasteiger partial charge in [-0.2, -0.15) is 0 Å². The summed E-state index contributed by atoms with van der Waals surface area (Å²) >= 11 is 0. The third-order valence-corrected chi connectivity index (χ3v) is 5.27. The van der Waals surface area contributed by atoms with Gasteiger partial charge < -0.3 is 5.11 Å². The molecule has 0 aromatic heterocycles. The van der Waals surface area contributed by atoms with E-state index in [1.807, 2.05) is 0 Å². The zero-order valence-corrected chi connectivity index (χ0v) is 14.2. The molecule has 0 aromatic rings. The van der Waals surface area contributed by atoms with Crippen LogP contribution in [0, 0.1) is 11.3 Å². The number of hydrogen-bond donors (Lipinski definition) is 1. The van der Waals surface area contributed by atoms with E-state index >= 15 is 0 Å². The Hall–Kier alpha value is -0.530. The number of carbonyl (C=O) groups is 1. The van der Waals surface area contributed by atoms with Crippen molar-refractivity contribution in [3.05, 3.63) is 0 Å². The van der Waals surface area contributed by atoms with Crippen molar-refractivity contribution in [2.45, 2.75) is 98.3 Å². The van der Waals surface area contributed by atoms with Crippen LogP contribution in [0.3, 0.4) is 0 Å². The molecular weight excluding hydrogens is 248 g/mol. The highest BCUT2D eigenvalue weighted by atomic mass is 16.4. The van der Waals surface area contributed by atoms with Crippen molar-refractivity contribution in [1.82, 2.24) is 0 Å². The molecule has 0 aromatic carbocycles. The Labute approximate surface area is 126 Å². The van der Waals surface area contributed by atoms with E-state index in [0.717, 1.165) is 25.7 Å². The van der Waals surface area contributed by atoms with Gasteiger partial charge in [-0.25, -0.2) is 0 Å². The lowest BCUT2D eigenvalue weighted by Crippen LogP contribution is -2.19. The SMILES string of the molecule is CCCCCCC(CCCC(CC)(CC)CC)C(=O)O. The fraction of sp³-hybridized carbons (Fsp3) is 0.944. The van der Waals surface area contributed by atoms with Crippen molar-refractivity contribution in [1.29, 1.82) is 0 Å². The lowest BCUT2D eigenvalue weighted by Gasteiger charge is -2.31. The van der Waals surface area contributed by atoms with Gasteiger partial charge in [-0.15, -0.1) is 0 Å². The van der Waals surface area contributed by atoms with Gasteiger partial charge in [0.1, 0.15) is 0 Å². The molecule has 0 spiro atoms. The number of carboxylic acid groups (broad SMARTS) is 1. The van der Waals surface area contributed by atoms with Gasteiger partial charge in [0.25, 0.3) is 0 Å². The molecule has 2 nitrogen and oxygen atoms in total. The molecule has 0 radical (unpaired) electrons. The van der Waals surface area contributed by atoms with E-state index in [1.165, 1.54) is 44.9 Å². The van der Waals surface area contributed by atoms with Crippen molar-refractivity contribution in [3.8, 4) is 0 Å². The molecule has 1 N–H and O–H groups in total. The largest absolute Gasteiger partial charge is 0.481 e. The van der Waals surface area contributed by atoms with E-state index < -0.39 is 5.97 Å². The van der Waals surface area contributed by atoms with Crippen LogP contribution in [0.2, 0.25) is 0 Å². The van der Waals surface area contributed by atoms with E-state index in [4.69, 9.17) is 0 Å². The molecule has 120 valence electrons. The predicted octanol–water partition coefficient (Wildman–Crippen LogP) is 6.04. The zero-order chi connectivity index (χ0) is 15.4. The van der Waals surface area contributed by atoms with Crippen LogP contribution in [0.4, 0.5) is 0 Å². The maximum atomic E-state index is 11.3. The summed E-state index contributed by atoms with van der Waals surface area (Å²) in [5, 5.41) is 9.33. The van der Waals surface area contributed by atoms with Crippen LogP contribution >= 0.6 is 0 Å². The first kappa shape index (κ1) is 19.5. The average molecular weight is 284 g/mol. The minimum atomic E-state index is -0.586. The Bertz CT molecular complexity index is 236. The second-order valence-corrected chi connectivity index (χ2v) is 6.34. The first-order valence-corrected chi connectivity index (χ1v) is 8.78. The van der Waals surface area contributed by atoms with E-state index in [2.05, 4.69) is 27.7 Å². The first-order chi connectivity index (χ1) is 9.55. The molecule has 0 saturated heterocycles. The Morgan fingerprint density at radius 1 is 0.900 bits per heavy atom. The van der Waals surface area contributed by atoms with Crippen LogP contribution in [-0.2, 0) is 4.79 Å². The van der Waals surface area contributed by atoms with Gasteiger partial charge in [0.05, 0.1) is 5.92 Å². The highest BCUT2D eigenvalue weighted by Crippen LogP contribution is 2.36. The van der Waals surface area contributed by atoms with Gasteiger partial charge in [-0.1, -0.05) is 79.1 Å². The normalized spacial score (nSPS) is 13.4. The highest BCUT2D eigenvalue weighted by Gasteiger charge is 2.24. The van der Waals surface area contributed by atoms with Gasteiger partial charge in [-0.3, -0.25) is 4.79 Å². The molecule has 0 heterocycles. The lowest BCUT2D eigenvalue weighted by molar-refractivity contribution is -0.142. The first-order valence-electron chi connectivity index (χ1n) is 8.78. The predicted molar refractivity (Wildman–Crippen MR) is 87.0 cm³/mol. The summed E-state index contributed by atoms with van der Waals surface area (Å²) in [5.74, 6) is -0.702. The molecule has 0 saturated carbocycles. The molecule has 1 atom stereocenters. The summed E-state index contributed by atoms with van der Waals surface area (Å²) in [7, 11) is 0. The fourth-order valence-electron chi connectivity index (χ4n) is 3.21. The summed E-state index contributed by atoms with van der Waals surface area (Å²) < 4.78 is 0. The van der Waals surface area contributed by atoms with Crippen LogP contribution in [0.1, 0.15) is 98.3 Å². The Morgan fingerprint density at radius 3 is 1.90 bits per heavy atom. The summed E-state index contributed by atoms with van der Waals surface area (Å²) in [6, 6.07) is 0. The number of rotatable bonds is 13. The standard InChI is InChI=1S/C18H36O2/c1-5-9-10-11-13-16(17(19)20)14-12-15-18(6-2,7-3)8-4/h16H,5-15H2,1-4H3,(H,19,20). The third-order valence-electron chi connectivity index (χ3n) is 5.27. The minimum Gasteiger partial charge on any atom is -0.481 e. The van der Waals surface area contributed by atoms with Crippen LogP contribution < -0.4 is 0 Å². The molecule has 0 amide bonds. The molecule has 20 heavy (non-hydrogen) atoms. The molecule has 2 heteroatoms. The number of carboxylic acids is 1. The van der Waals surface area contributed by atoms with Crippen molar-refractivity contribution in [2.75, 3.05) is 0 Å². The van der Waals surface area contributed by atoms with Crippen LogP contribution in [0.5, 0.6) is 0 Å². The fourth-order valence-corrected chi connectivity index (χ4v) is 3.21. The maximum absolute atomic E-state index is 11.3. The van der Waals surface area contributed by atoms with Crippen molar-refractivity contribution in [2.24, 2.45) is 11.3 Å². The Balaban J connectivity index is 4.11. The second-order valence-electron chi connectivity index (χ2n) is 6.34. The molecule has 0 bridgehead atoms. The molecular formula is C18H36O2. The molecule has 0 aliphatic carbocycles. The quantitative estimate of drug-likeness (QED) is 0.418. The van der Waals surface area contributed by atoms with Gasteiger partial charge in [0, 0.05) is 0 Å². The number of unbranched alkanes of at least 4 members (excludes halogenated alkanes) is 3. The van der Waals surface area contributed by atoms with Crippen molar-refractivity contribution >= 4 is 5.97 Å². The minimum absolute atomic E-state index is 0.116. The zero-order valence-electron chi connectivity index (χ0n) is 14.2. The third kappa shape index (κ3) is 7.31. The van der Waals surface area contributed by atoms with Gasteiger partial charge in [0.2, 0.25) is 0 Å². The van der Waals surface area contributed by atoms with Gasteiger partial charge in [0.15, 0.2) is 0 Å². The summed E-state index contributed by atoms with van der Waals surface area (Å²) in [6.07, 6.45) is 12.3. The summed E-state index contributed by atoms with van der Waals surface area (Å²) in [5.41, 5.74) is 0.450. The average Bonchev–Trinajstić information content (AvgIpc) is 2.46. The van der Waals surface area contributed by atoms with Crippen LogP contribution in [-0.4, -0.2) is 11.1 Å². The molecule has 0 aliphatic heterocycles. The summed E-state index contributed by atoms with van der Waals surface area (Å²) in [6.45, 7) is 9.00. The van der Waals surface area contributed by atoms with E-state index in [9.17, 15) is 9.90 Å². The van der Waals surface area contributed by atoms with E-state index in [-0.39, 0.29) is 5.92 Å². The second kappa shape index (κ2) is 11.2. The molecule has 0 rings (SSSR count). The maximum Gasteiger partial charge on any atom is 0.306 e. The van der Waals surface area contributed by atoms with E-state index in [1.54, 1.807) is 0 Å². The molecule has 0 fully saturated rings. The van der Waals surface area contributed by atoms with Crippen LogP contribution in [0.15, 0.2) is 0 Å². The smallest absolute Gasteiger partial charge is 0.306 e. The number of hydrogen-bond acceptors (Lipinski definition) is 1. The summed E-state index contributed by atoms with van der Waals surface area (Å²) in [4.78, 5) is 11.3. The van der Waals surface area contributed by atoms with E-state index in [0.29, 0.717) is 5.41 Å². The lowest BCUT2D eigenvalue weighted by atomic mass is 9.75. The molecule has 1 unspecified atom stereocenters. The topological polar surface area (TPSA) is 37.3 Å². The Kier molecular flexibility index (Phi) is 10.9. The monoisotopic (exact) mass is 284 g/mol. The van der Waals surface area contributed by atoms with Crippen molar-refractivity contribution < 1.29 is 9.90 Å². The van der Waals surface area contributed by atoms with Crippen molar-refractivity contribution in [3.63, 3.8) is 0 Å². The molecule has 0 aliphatic rings.